The van der Waals surface area contributed by atoms with Crippen molar-refractivity contribution < 1.29 is 8.78 Å². The predicted octanol–water partition coefficient (Wildman–Crippen LogP) is 3.83. The molecule has 2 rings (SSSR count). The molecule has 5 heteroatoms. The van der Waals surface area contributed by atoms with Gasteiger partial charge < -0.3 is 0 Å². The van der Waals surface area contributed by atoms with Crippen LogP contribution in [-0.4, -0.2) is 24.4 Å². The van der Waals surface area contributed by atoms with Crippen molar-refractivity contribution in [3.05, 3.63) is 32.2 Å². The molecule has 0 atom stereocenters. The smallest absolute Gasteiger partial charge is 0.251 e. The average Bonchev–Trinajstić information content (AvgIpc) is 2.19. The highest BCUT2D eigenvalue weighted by molar-refractivity contribution is 9.13. The number of nitrogens with zero attached hydrogens (tertiary/aromatic N) is 1. The normalized spacial score (nSPS) is 16.6. The second-order valence-corrected chi connectivity index (χ2v) is 5.62. The van der Waals surface area contributed by atoms with Gasteiger partial charge in [0.05, 0.1) is 6.54 Å². The Kier molecular flexibility index (Phi) is 3.97. The summed E-state index contributed by atoms with van der Waals surface area (Å²) >= 11 is 6.88. The third-order valence-corrected chi connectivity index (χ3v) is 4.57. The van der Waals surface area contributed by atoms with Crippen LogP contribution in [0.15, 0.2) is 21.1 Å². The Hall–Kier alpha value is -0.000000000000000111. The lowest BCUT2D eigenvalue weighted by atomic mass is 10.00. The molecule has 1 heterocycles. The van der Waals surface area contributed by atoms with Gasteiger partial charge in [0.2, 0.25) is 0 Å². The minimum Gasteiger partial charge on any atom is -0.293 e. The number of benzene rings is 1. The maximum Gasteiger partial charge on any atom is 0.251 e. The summed E-state index contributed by atoms with van der Waals surface area (Å²) in [4.78, 5) is 1.80. The Morgan fingerprint density at radius 3 is 2.44 bits per heavy atom. The van der Waals surface area contributed by atoms with Gasteiger partial charge in [-0.05, 0) is 61.5 Å². The van der Waals surface area contributed by atoms with Gasteiger partial charge in [-0.15, -0.1) is 0 Å². The zero-order valence-corrected chi connectivity index (χ0v) is 11.7. The fraction of sp³-hybridized carbons (Fsp3) is 0.455. The van der Waals surface area contributed by atoms with Gasteiger partial charge in [0.1, 0.15) is 0 Å². The van der Waals surface area contributed by atoms with Gasteiger partial charge in [0, 0.05) is 22.0 Å². The summed E-state index contributed by atoms with van der Waals surface area (Å²) in [6.07, 6.45) is -1.41. The fourth-order valence-corrected chi connectivity index (χ4v) is 2.74. The molecule has 1 nitrogen and oxygen atoms in total. The summed E-state index contributed by atoms with van der Waals surface area (Å²) in [5, 5.41) is 0. The van der Waals surface area contributed by atoms with Crippen LogP contribution in [0.5, 0.6) is 0 Å². The van der Waals surface area contributed by atoms with Crippen molar-refractivity contribution in [2.45, 2.75) is 19.4 Å². The second-order valence-electron chi connectivity index (χ2n) is 3.91. The Balaban J connectivity index is 2.17. The van der Waals surface area contributed by atoms with Crippen LogP contribution >= 0.6 is 31.9 Å². The topological polar surface area (TPSA) is 3.24 Å². The Bertz CT molecular complexity index is 396. The van der Waals surface area contributed by atoms with E-state index in [-0.39, 0.29) is 6.54 Å². The lowest BCUT2D eigenvalue weighted by Gasteiger charge is -2.28. The maximum absolute atomic E-state index is 12.3. The molecule has 0 saturated heterocycles. The fourth-order valence-electron chi connectivity index (χ4n) is 1.96. The molecule has 0 amide bonds. The first-order valence-electron chi connectivity index (χ1n) is 5.03. The molecule has 0 bridgehead atoms. The second kappa shape index (κ2) is 5.10. The minimum absolute atomic E-state index is 0.132. The van der Waals surface area contributed by atoms with Gasteiger partial charge >= 0.3 is 0 Å². The Morgan fingerprint density at radius 1 is 1.19 bits per heavy atom. The van der Waals surface area contributed by atoms with Crippen molar-refractivity contribution in [1.29, 1.82) is 0 Å². The van der Waals surface area contributed by atoms with E-state index in [0.717, 1.165) is 20.9 Å². The molecule has 1 aromatic rings. The molecule has 1 aliphatic heterocycles. The molecule has 1 aliphatic rings. The van der Waals surface area contributed by atoms with Crippen LogP contribution in [0.25, 0.3) is 0 Å². The summed E-state index contributed by atoms with van der Waals surface area (Å²) in [6, 6.07) is 4.08. The van der Waals surface area contributed by atoms with Gasteiger partial charge in [-0.3, -0.25) is 4.90 Å². The maximum atomic E-state index is 12.3. The van der Waals surface area contributed by atoms with Crippen LogP contribution in [0, 0.1) is 0 Å². The molecule has 16 heavy (non-hydrogen) atoms. The standard InChI is InChI=1S/C11H11Br2F2N/c12-9-3-7-1-2-16(6-11(14)15)5-8(7)4-10(9)13/h3-4,11H,1-2,5-6H2. The highest BCUT2D eigenvalue weighted by Crippen LogP contribution is 2.30. The molecule has 0 aliphatic carbocycles. The third kappa shape index (κ3) is 2.81. The van der Waals surface area contributed by atoms with Crippen molar-refractivity contribution in [3.63, 3.8) is 0 Å². The predicted molar refractivity (Wildman–Crippen MR) is 66.8 cm³/mol. The number of fused-ring (bicyclic) bond motifs is 1. The van der Waals surface area contributed by atoms with Crippen molar-refractivity contribution in [1.82, 2.24) is 4.90 Å². The molecule has 88 valence electrons. The first-order valence-corrected chi connectivity index (χ1v) is 6.62. The van der Waals surface area contributed by atoms with E-state index in [0.29, 0.717) is 13.1 Å². The molecule has 0 fully saturated rings. The van der Waals surface area contributed by atoms with Crippen molar-refractivity contribution in [2.75, 3.05) is 13.1 Å². The summed E-state index contributed by atoms with van der Waals surface area (Å²) in [5.74, 6) is 0. The van der Waals surface area contributed by atoms with Gasteiger partial charge in [-0.25, -0.2) is 8.78 Å². The molecule has 1 aromatic carbocycles. The first-order chi connectivity index (χ1) is 7.56. The molecule has 0 aromatic heterocycles. The lowest BCUT2D eigenvalue weighted by Crippen LogP contribution is -2.34. The van der Waals surface area contributed by atoms with E-state index < -0.39 is 6.43 Å². The largest absolute Gasteiger partial charge is 0.293 e. The van der Waals surface area contributed by atoms with Crippen molar-refractivity contribution in [3.8, 4) is 0 Å². The zero-order valence-electron chi connectivity index (χ0n) is 8.52. The van der Waals surface area contributed by atoms with Crippen LogP contribution in [0.2, 0.25) is 0 Å². The molecule has 0 saturated carbocycles. The van der Waals surface area contributed by atoms with Gasteiger partial charge in [0.25, 0.3) is 6.43 Å². The number of halogens is 4. The first kappa shape index (κ1) is 12.5. The van der Waals surface area contributed by atoms with E-state index in [4.69, 9.17) is 0 Å². The van der Waals surface area contributed by atoms with E-state index in [1.54, 1.807) is 4.90 Å². The van der Waals surface area contributed by atoms with Crippen LogP contribution in [-0.2, 0) is 13.0 Å². The lowest BCUT2D eigenvalue weighted by molar-refractivity contribution is 0.0820. The van der Waals surface area contributed by atoms with E-state index in [2.05, 4.69) is 37.9 Å². The number of hydrogen-bond donors (Lipinski definition) is 0. The zero-order chi connectivity index (χ0) is 11.7. The van der Waals surface area contributed by atoms with E-state index in [9.17, 15) is 8.78 Å². The van der Waals surface area contributed by atoms with Crippen molar-refractivity contribution in [2.24, 2.45) is 0 Å². The summed E-state index contributed by atoms with van der Waals surface area (Å²) in [7, 11) is 0. The Labute approximate surface area is 110 Å². The number of hydrogen-bond acceptors (Lipinski definition) is 1. The summed E-state index contributed by atoms with van der Waals surface area (Å²) < 4.78 is 26.6. The monoisotopic (exact) mass is 353 g/mol. The highest BCUT2D eigenvalue weighted by atomic mass is 79.9. The van der Waals surface area contributed by atoms with Gasteiger partial charge in [-0.1, -0.05) is 0 Å². The van der Waals surface area contributed by atoms with E-state index >= 15 is 0 Å². The third-order valence-electron chi connectivity index (χ3n) is 2.73. The van der Waals surface area contributed by atoms with E-state index in [1.807, 2.05) is 6.07 Å². The molecular weight excluding hydrogens is 344 g/mol. The summed E-state index contributed by atoms with van der Waals surface area (Å²) in [5.41, 5.74) is 2.39. The van der Waals surface area contributed by atoms with Crippen LogP contribution in [0.4, 0.5) is 8.78 Å². The van der Waals surface area contributed by atoms with Crippen molar-refractivity contribution >= 4 is 31.9 Å². The van der Waals surface area contributed by atoms with Crippen LogP contribution in [0.1, 0.15) is 11.1 Å². The molecule has 0 spiro atoms. The number of alkyl halides is 2. The van der Waals surface area contributed by atoms with Gasteiger partial charge in [0.15, 0.2) is 0 Å². The molecule has 0 radical (unpaired) electrons. The summed E-state index contributed by atoms with van der Waals surface area (Å²) in [6.45, 7) is 1.20. The minimum atomic E-state index is -2.25. The quantitative estimate of drug-likeness (QED) is 0.780. The van der Waals surface area contributed by atoms with Crippen LogP contribution < -0.4 is 0 Å². The van der Waals surface area contributed by atoms with Crippen LogP contribution in [0.3, 0.4) is 0 Å². The highest BCUT2D eigenvalue weighted by Gasteiger charge is 2.19. The molecule has 0 N–H and O–H groups in total. The van der Waals surface area contributed by atoms with Gasteiger partial charge in [-0.2, -0.15) is 0 Å². The molecular formula is C11H11Br2F2N. The SMILES string of the molecule is FC(F)CN1CCc2cc(Br)c(Br)cc2C1. The number of rotatable bonds is 2. The average molecular weight is 355 g/mol. The Morgan fingerprint density at radius 2 is 1.81 bits per heavy atom. The van der Waals surface area contributed by atoms with E-state index in [1.165, 1.54) is 5.56 Å². The molecule has 0 unspecified atom stereocenters.